The van der Waals surface area contributed by atoms with E-state index in [1.54, 1.807) is 17.7 Å². The number of hydrogen-bond acceptors (Lipinski definition) is 4. The molecule has 1 atom stereocenters. The molecule has 0 radical (unpaired) electrons. The molecule has 1 N–H and O–H groups in total. The molecule has 1 aromatic heterocycles. The van der Waals surface area contributed by atoms with Gasteiger partial charge in [-0.2, -0.15) is 5.10 Å². The first-order valence-corrected chi connectivity index (χ1v) is 8.50. The maximum absolute atomic E-state index is 12.1. The zero-order chi connectivity index (χ0) is 19.3. The maximum Gasteiger partial charge on any atom is 0.331 e. The van der Waals surface area contributed by atoms with Crippen molar-refractivity contribution in [3.05, 3.63) is 58.4 Å². The monoisotopic (exact) mass is 355 g/mol. The van der Waals surface area contributed by atoms with Crippen LogP contribution in [0.25, 0.3) is 6.08 Å². The number of amides is 1. The van der Waals surface area contributed by atoms with Gasteiger partial charge in [0.15, 0.2) is 6.10 Å². The van der Waals surface area contributed by atoms with Gasteiger partial charge < -0.3 is 10.1 Å². The lowest BCUT2D eigenvalue weighted by Crippen LogP contribution is -2.35. The predicted octanol–water partition coefficient (Wildman–Crippen LogP) is 2.61. The Balaban J connectivity index is 1.86. The number of rotatable bonds is 6. The first kappa shape index (κ1) is 19.4. The molecule has 0 aliphatic rings. The van der Waals surface area contributed by atoms with Crippen LogP contribution in [-0.4, -0.2) is 27.8 Å². The van der Waals surface area contributed by atoms with Crippen molar-refractivity contribution >= 4 is 18.0 Å². The van der Waals surface area contributed by atoms with Gasteiger partial charge in [0.2, 0.25) is 0 Å². The van der Waals surface area contributed by atoms with Crippen LogP contribution in [0.5, 0.6) is 0 Å². The van der Waals surface area contributed by atoms with Crippen molar-refractivity contribution in [2.24, 2.45) is 7.05 Å². The fourth-order valence-electron chi connectivity index (χ4n) is 2.49. The second-order valence-electron chi connectivity index (χ2n) is 6.32. The summed E-state index contributed by atoms with van der Waals surface area (Å²) in [5, 5.41) is 7.05. The van der Waals surface area contributed by atoms with Crippen molar-refractivity contribution in [1.29, 1.82) is 0 Å². The number of carbonyl (C=O) groups excluding carboxylic acids is 2. The summed E-state index contributed by atoms with van der Waals surface area (Å²) in [4.78, 5) is 24.0. The highest BCUT2D eigenvalue weighted by Crippen LogP contribution is 2.13. The lowest BCUT2D eigenvalue weighted by molar-refractivity contribution is -0.150. The lowest BCUT2D eigenvalue weighted by Gasteiger charge is -2.12. The number of hydrogen-bond donors (Lipinski definition) is 1. The van der Waals surface area contributed by atoms with E-state index in [2.05, 4.69) is 10.4 Å². The normalized spacial score (nSPS) is 12.2. The number of aromatic nitrogens is 2. The van der Waals surface area contributed by atoms with Crippen LogP contribution < -0.4 is 5.32 Å². The number of ether oxygens (including phenoxy) is 1. The average molecular weight is 355 g/mol. The molecule has 0 unspecified atom stereocenters. The minimum Gasteiger partial charge on any atom is -0.449 e. The molecule has 2 aromatic rings. The number of benzene rings is 1. The zero-order valence-corrected chi connectivity index (χ0v) is 15.9. The van der Waals surface area contributed by atoms with E-state index in [9.17, 15) is 9.59 Å². The van der Waals surface area contributed by atoms with Crippen LogP contribution in [0.3, 0.4) is 0 Å². The van der Waals surface area contributed by atoms with Crippen molar-refractivity contribution in [2.75, 3.05) is 0 Å². The van der Waals surface area contributed by atoms with Gasteiger partial charge in [0.05, 0.1) is 5.69 Å². The molecule has 1 aromatic carbocycles. The van der Waals surface area contributed by atoms with E-state index in [1.807, 2.05) is 52.1 Å². The molecule has 0 aliphatic heterocycles. The van der Waals surface area contributed by atoms with Crippen LogP contribution in [-0.2, 0) is 27.9 Å². The van der Waals surface area contributed by atoms with Gasteiger partial charge in [-0.15, -0.1) is 0 Å². The van der Waals surface area contributed by atoms with Gasteiger partial charge in [-0.05, 0) is 39.3 Å². The van der Waals surface area contributed by atoms with Crippen molar-refractivity contribution in [3.63, 3.8) is 0 Å². The summed E-state index contributed by atoms with van der Waals surface area (Å²) in [6, 6.07) is 7.87. The summed E-state index contributed by atoms with van der Waals surface area (Å²) in [5.41, 5.74) is 4.81. The lowest BCUT2D eigenvalue weighted by atomic mass is 10.1. The number of nitrogens with one attached hydrogen (secondary N) is 1. The van der Waals surface area contributed by atoms with Gasteiger partial charge in [0.1, 0.15) is 0 Å². The first-order chi connectivity index (χ1) is 12.3. The molecule has 0 aliphatic carbocycles. The Kier molecular flexibility index (Phi) is 6.33. The Morgan fingerprint density at radius 1 is 1.23 bits per heavy atom. The maximum atomic E-state index is 12.1. The summed E-state index contributed by atoms with van der Waals surface area (Å²) in [6.45, 7) is 7.75. The average Bonchev–Trinajstić information content (AvgIpc) is 2.84. The first-order valence-electron chi connectivity index (χ1n) is 8.50. The van der Waals surface area contributed by atoms with Gasteiger partial charge in [-0.3, -0.25) is 9.48 Å². The van der Waals surface area contributed by atoms with E-state index in [0.717, 1.165) is 28.1 Å². The largest absolute Gasteiger partial charge is 0.449 e. The molecule has 1 amide bonds. The highest BCUT2D eigenvalue weighted by atomic mass is 16.5. The third kappa shape index (κ3) is 5.05. The second-order valence-corrected chi connectivity index (χ2v) is 6.32. The smallest absolute Gasteiger partial charge is 0.331 e. The molecule has 0 spiro atoms. The topological polar surface area (TPSA) is 73.2 Å². The van der Waals surface area contributed by atoms with E-state index in [-0.39, 0.29) is 5.91 Å². The second kappa shape index (κ2) is 8.47. The van der Waals surface area contributed by atoms with E-state index in [1.165, 1.54) is 6.08 Å². The third-order valence-electron chi connectivity index (χ3n) is 4.20. The molecule has 6 nitrogen and oxygen atoms in total. The summed E-state index contributed by atoms with van der Waals surface area (Å²) >= 11 is 0. The number of carbonyl (C=O) groups is 2. The van der Waals surface area contributed by atoms with Crippen LogP contribution >= 0.6 is 0 Å². The van der Waals surface area contributed by atoms with Crippen molar-refractivity contribution < 1.29 is 14.3 Å². The van der Waals surface area contributed by atoms with Gasteiger partial charge in [-0.1, -0.05) is 29.8 Å². The molecule has 26 heavy (non-hydrogen) atoms. The summed E-state index contributed by atoms with van der Waals surface area (Å²) in [6.07, 6.45) is 2.12. The molecule has 2 rings (SSSR count). The molecule has 138 valence electrons. The standard InChI is InChI=1S/C20H25N3O3/c1-13-6-8-17(9-7-13)12-21-20(25)16(4)26-19(24)11-10-18-14(2)22-23(5)15(18)3/h6-11,16H,12H2,1-5H3,(H,21,25)/b11-10+/t16-/m0/s1. The van der Waals surface area contributed by atoms with Gasteiger partial charge >= 0.3 is 5.97 Å². The van der Waals surface area contributed by atoms with Crippen molar-refractivity contribution in [1.82, 2.24) is 15.1 Å². The quantitative estimate of drug-likeness (QED) is 0.638. The number of aryl methyl sites for hydroxylation is 3. The summed E-state index contributed by atoms with van der Waals surface area (Å²) in [7, 11) is 1.85. The van der Waals surface area contributed by atoms with Gasteiger partial charge in [-0.25, -0.2) is 4.79 Å². The summed E-state index contributed by atoms with van der Waals surface area (Å²) < 4.78 is 6.91. The fourth-order valence-corrected chi connectivity index (χ4v) is 2.49. The molecular formula is C20H25N3O3. The highest BCUT2D eigenvalue weighted by Gasteiger charge is 2.16. The molecule has 1 heterocycles. The van der Waals surface area contributed by atoms with Gasteiger partial charge in [0, 0.05) is 30.9 Å². The number of esters is 1. The van der Waals surface area contributed by atoms with Crippen LogP contribution in [0.1, 0.15) is 35.0 Å². The van der Waals surface area contributed by atoms with Crippen molar-refractivity contribution in [3.8, 4) is 0 Å². The van der Waals surface area contributed by atoms with E-state index >= 15 is 0 Å². The predicted molar refractivity (Wildman–Crippen MR) is 100 cm³/mol. The fraction of sp³-hybridized carbons (Fsp3) is 0.350. The highest BCUT2D eigenvalue weighted by molar-refractivity contribution is 5.90. The molecule has 0 bridgehead atoms. The van der Waals surface area contributed by atoms with Crippen LogP contribution in [0.4, 0.5) is 0 Å². The Morgan fingerprint density at radius 2 is 1.88 bits per heavy atom. The summed E-state index contributed by atoms with van der Waals surface area (Å²) in [5.74, 6) is -0.897. The van der Waals surface area contributed by atoms with Crippen molar-refractivity contribution in [2.45, 2.75) is 40.3 Å². The van der Waals surface area contributed by atoms with Crippen LogP contribution in [0, 0.1) is 20.8 Å². The minimum absolute atomic E-state index is 0.332. The van der Waals surface area contributed by atoms with E-state index in [0.29, 0.717) is 6.54 Å². The Hall–Kier alpha value is -2.89. The van der Waals surface area contributed by atoms with Gasteiger partial charge in [0.25, 0.3) is 5.91 Å². The Morgan fingerprint density at radius 3 is 2.46 bits per heavy atom. The molecule has 0 fully saturated rings. The zero-order valence-electron chi connectivity index (χ0n) is 15.9. The third-order valence-corrected chi connectivity index (χ3v) is 4.20. The van der Waals surface area contributed by atoms with E-state index in [4.69, 9.17) is 4.74 Å². The Bertz CT molecular complexity index is 820. The number of nitrogens with zero attached hydrogens (tertiary/aromatic N) is 2. The molecule has 0 saturated carbocycles. The van der Waals surface area contributed by atoms with E-state index < -0.39 is 12.1 Å². The minimum atomic E-state index is -0.867. The molecule has 0 saturated heterocycles. The molecule has 6 heteroatoms. The van der Waals surface area contributed by atoms with Crippen LogP contribution in [0.2, 0.25) is 0 Å². The SMILES string of the molecule is Cc1ccc(CNC(=O)[C@H](C)OC(=O)/C=C/c2c(C)nn(C)c2C)cc1. The Labute approximate surface area is 153 Å². The van der Waals surface area contributed by atoms with Crippen LogP contribution in [0.15, 0.2) is 30.3 Å². The molecular weight excluding hydrogens is 330 g/mol.